The maximum absolute atomic E-state index is 11.7. The highest BCUT2D eigenvalue weighted by Gasteiger charge is 2.25. The number of nitro groups is 1. The molecule has 0 unspecified atom stereocenters. The standard InChI is InChI=1S/C21H19N5O2/c1-3-14-17(15-6-4-5-7-16(15)26(27)28)18-20(22)24-25-21(18)23-19(14)13-10-8-12(2)9-11-13/h4-11H,3H2,1-2H3,(H3,22,23,24,25). The molecule has 0 saturated carbocycles. The van der Waals surface area contributed by atoms with Gasteiger partial charge in [0.05, 0.1) is 21.6 Å². The number of nitrogens with zero attached hydrogens (tertiary/aromatic N) is 3. The summed E-state index contributed by atoms with van der Waals surface area (Å²) >= 11 is 0. The molecule has 0 aliphatic heterocycles. The number of aryl methyl sites for hydroxylation is 1. The van der Waals surface area contributed by atoms with Crippen molar-refractivity contribution < 1.29 is 4.92 Å². The average molecular weight is 373 g/mol. The molecule has 2 heterocycles. The van der Waals surface area contributed by atoms with Crippen LogP contribution in [0.4, 0.5) is 11.5 Å². The van der Waals surface area contributed by atoms with Gasteiger partial charge in [0.15, 0.2) is 11.5 Å². The largest absolute Gasteiger partial charge is 0.382 e. The highest BCUT2D eigenvalue weighted by molar-refractivity contribution is 6.05. The van der Waals surface area contributed by atoms with E-state index in [1.807, 2.05) is 38.1 Å². The fraction of sp³-hybridized carbons (Fsp3) is 0.143. The number of benzene rings is 2. The van der Waals surface area contributed by atoms with Gasteiger partial charge in [-0.2, -0.15) is 5.10 Å². The van der Waals surface area contributed by atoms with Crippen LogP contribution < -0.4 is 5.73 Å². The number of nitrogens with one attached hydrogen (secondary N) is 1. The van der Waals surface area contributed by atoms with Crippen LogP contribution in [0.3, 0.4) is 0 Å². The van der Waals surface area contributed by atoms with Crippen molar-refractivity contribution in [1.29, 1.82) is 0 Å². The molecule has 140 valence electrons. The van der Waals surface area contributed by atoms with Crippen molar-refractivity contribution in [3.05, 3.63) is 69.8 Å². The second kappa shape index (κ2) is 6.77. The van der Waals surface area contributed by atoms with Crippen LogP contribution in [0.15, 0.2) is 48.5 Å². The molecule has 0 aliphatic rings. The highest BCUT2D eigenvalue weighted by atomic mass is 16.6. The van der Waals surface area contributed by atoms with Crippen molar-refractivity contribution in [1.82, 2.24) is 15.2 Å². The van der Waals surface area contributed by atoms with E-state index >= 15 is 0 Å². The number of fused-ring (bicyclic) bond motifs is 1. The number of nitrogen functional groups attached to an aromatic ring is 1. The first-order valence-corrected chi connectivity index (χ1v) is 8.98. The molecule has 0 aliphatic carbocycles. The van der Waals surface area contributed by atoms with Gasteiger partial charge in [-0.1, -0.05) is 48.9 Å². The van der Waals surface area contributed by atoms with E-state index in [-0.39, 0.29) is 16.4 Å². The zero-order valence-electron chi connectivity index (χ0n) is 15.6. The topological polar surface area (TPSA) is 111 Å². The van der Waals surface area contributed by atoms with E-state index in [1.165, 1.54) is 6.07 Å². The van der Waals surface area contributed by atoms with Crippen molar-refractivity contribution in [3.63, 3.8) is 0 Å². The fourth-order valence-corrected chi connectivity index (χ4v) is 3.56. The van der Waals surface area contributed by atoms with E-state index in [2.05, 4.69) is 10.2 Å². The van der Waals surface area contributed by atoms with Gasteiger partial charge < -0.3 is 5.73 Å². The second-order valence-electron chi connectivity index (χ2n) is 6.64. The van der Waals surface area contributed by atoms with Crippen LogP contribution in [0, 0.1) is 17.0 Å². The summed E-state index contributed by atoms with van der Waals surface area (Å²) in [6, 6.07) is 14.7. The van der Waals surface area contributed by atoms with Gasteiger partial charge in [-0.25, -0.2) is 4.98 Å². The molecule has 4 aromatic rings. The molecule has 28 heavy (non-hydrogen) atoms. The fourth-order valence-electron chi connectivity index (χ4n) is 3.56. The summed E-state index contributed by atoms with van der Waals surface area (Å²) in [4.78, 5) is 16.1. The van der Waals surface area contributed by atoms with Gasteiger partial charge in [-0.15, -0.1) is 0 Å². The average Bonchev–Trinajstić information content (AvgIpc) is 3.07. The zero-order chi connectivity index (χ0) is 19.8. The highest BCUT2D eigenvalue weighted by Crippen LogP contribution is 2.42. The summed E-state index contributed by atoms with van der Waals surface area (Å²) in [5, 5.41) is 19.3. The molecule has 7 heteroatoms. The first kappa shape index (κ1) is 17.7. The van der Waals surface area contributed by atoms with Gasteiger partial charge in [0.1, 0.15) is 0 Å². The van der Waals surface area contributed by atoms with E-state index in [0.717, 1.165) is 22.4 Å². The van der Waals surface area contributed by atoms with Crippen molar-refractivity contribution in [2.24, 2.45) is 0 Å². The quantitative estimate of drug-likeness (QED) is 0.399. The number of aromatic amines is 1. The Kier molecular flexibility index (Phi) is 4.27. The normalized spacial score (nSPS) is 11.1. The van der Waals surface area contributed by atoms with E-state index in [1.54, 1.807) is 18.2 Å². The molecule has 0 atom stereocenters. The molecular weight excluding hydrogens is 354 g/mol. The number of hydrogen-bond acceptors (Lipinski definition) is 5. The molecule has 2 aromatic heterocycles. The Morgan fingerprint density at radius 3 is 2.54 bits per heavy atom. The van der Waals surface area contributed by atoms with Crippen molar-refractivity contribution >= 4 is 22.5 Å². The monoisotopic (exact) mass is 373 g/mol. The van der Waals surface area contributed by atoms with Crippen molar-refractivity contribution in [3.8, 4) is 22.4 Å². The lowest BCUT2D eigenvalue weighted by atomic mass is 9.91. The SMILES string of the molecule is CCc1c(-c2ccc(C)cc2)nc2[nH]nc(N)c2c1-c1ccccc1[N+](=O)[O-]. The van der Waals surface area contributed by atoms with Gasteiger partial charge in [0.25, 0.3) is 5.69 Å². The van der Waals surface area contributed by atoms with Gasteiger partial charge in [0.2, 0.25) is 0 Å². The van der Waals surface area contributed by atoms with Gasteiger partial charge >= 0.3 is 0 Å². The molecule has 0 amide bonds. The maximum Gasteiger partial charge on any atom is 0.277 e. The Balaban J connectivity index is 2.14. The van der Waals surface area contributed by atoms with E-state index in [0.29, 0.717) is 28.6 Å². The molecule has 3 N–H and O–H groups in total. The lowest BCUT2D eigenvalue weighted by molar-refractivity contribution is -0.384. The number of rotatable bonds is 4. The molecule has 0 spiro atoms. The summed E-state index contributed by atoms with van der Waals surface area (Å²) in [5.74, 6) is 0.279. The van der Waals surface area contributed by atoms with Crippen LogP contribution in [-0.2, 0) is 6.42 Å². The summed E-state index contributed by atoms with van der Waals surface area (Å²) in [7, 11) is 0. The molecule has 0 fully saturated rings. The van der Waals surface area contributed by atoms with Crippen LogP contribution >= 0.6 is 0 Å². The molecule has 0 saturated heterocycles. The zero-order valence-corrected chi connectivity index (χ0v) is 15.6. The Labute approximate surface area is 161 Å². The molecule has 4 rings (SSSR count). The van der Waals surface area contributed by atoms with Gasteiger partial charge in [-0.05, 0) is 25.0 Å². The van der Waals surface area contributed by atoms with E-state index < -0.39 is 0 Å². The number of anilines is 1. The summed E-state index contributed by atoms with van der Waals surface area (Å²) < 4.78 is 0. The summed E-state index contributed by atoms with van der Waals surface area (Å²) in [6.07, 6.45) is 0.637. The smallest absolute Gasteiger partial charge is 0.277 e. The number of hydrogen-bond donors (Lipinski definition) is 2. The second-order valence-corrected chi connectivity index (χ2v) is 6.64. The third-order valence-electron chi connectivity index (χ3n) is 4.89. The first-order valence-electron chi connectivity index (χ1n) is 8.98. The summed E-state index contributed by atoms with van der Waals surface area (Å²) in [5.41, 5.74) is 11.6. The summed E-state index contributed by atoms with van der Waals surface area (Å²) in [6.45, 7) is 4.03. The number of nitro benzene ring substituents is 1. The predicted octanol–water partition coefficient (Wildman–Crippen LogP) is 4.65. The number of nitrogens with two attached hydrogens (primary N) is 1. The third-order valence-corrected chi connectivity index (χ3v) is 4.89. The predicted molar refractivity (Wildman–Crippen MR) is 110 cm³/mol. The Bertz CT molecular complexity index is 1200. The van der Waals surface area contributed by atoms with Crippen molar-refractivity contribution in [2.45, 2.75) is 20.3 Å². The van der Waals surface area contributed by atoms with Gasteiger partial charge in [-0.3, -0.25) is 15.2 Å². The molecule has 2 aromatic carbocycles. The number of pyridine rings is 1. The first-order chi connectivity index (χ1) is 13.5. The van der Waals surface area contributed by atoms with Crippen LogP contribution in [0.5, 0.6) is 0 Å². The lowest BCUT2D eigenvalue weighted by Crippen LogP contribution is -2.01. The van der Waals surface area contributed by atoms with Crippen LogP contribution in [-0.4, -0.2) is 20.1 Å². The Hall–Kier alpha value is -3.74. The van der Waals surface area contributed by atoms with E-state index in [9.17, 15) is 10.1 Å². The molecule has 0 radical (unpaired) electrons. The Morgan fingerprint density at radius 1 is 1.14 bits per heavy atom. The van der Waals surface area contributed by atoms with Crippen LogP contribution in [0.25, 0.3) is 33.4 Å². The van der Waals surface area contributed by atoms with E-state index in [4.69, 9.17) is 10.7 Å². The third kappa shape index (κ3) is 2.77. The number of H-pyrrole nitrogens is 1. The minimum Gasteiger partial charge on any atom is -0.382 e. The maximum atomic E-state index is 11.7. The van der Waals surface area contributed by atoms with Gasteiger partial charge in [0, 0.05) is 17.2 Å². The minimum atomic E-state index is -0.372. The Morgan fingerprint density at radius 2 is 1.86 bits per heavy atom. The number of aromatic nitrogens is 3. The van der Waals surface area contributed by atoms with Crippen LogP contribution in [0.1, 0.15) is 18.1 Å². The van der Waals surface area contributed by atoms with Crippen molar-refractivity contribution in [2.75, 3.05) is 5.73 Å². The molecular formula is C21H19N5O2. The molecule has 7 nitrogen and oxygen atoms in total. The molecule has 0 bridgehead atoms. The lowest BCUT2D eigenvalue weighted by Gasteiger charge is -2.15. The minimum absolute atomic E-state index is 0.0279. The van der Waals surface area contributed by atoms with Crippen LogP contribution in [0.2, 0.25) is 0 Å². The number of para-hydroxylation sites is 1.